The average Bonchev–Trinajstić information content (AvgIpc) is 2.61. The first kappa shape index (κ1) is 17.9. The Bertz CT molecular complexity index is 1110. The lowest BCUT2D eigenvalue weighted by Gasteiger charge is -2.13. The number of hydrogen-bond donors (Lipinski definition) is 4. The van der Waals surface area contributed by atoms with Gasteiger partial charge >= 0.3 is 0 Å². The lowest BCUT2D eigenvalue weighted by molar-refractivity contribution is 0.0916. The number of aliphatic hydroxyl groups is 1. The third-order valence-electron chi connectivity index (χ3n) is 3.79. The maximum Gasteiger partial charge on any atom is 0.259 e. The second-order valence-corrected chi connectivity index (χ2v) is 5.98. The zero-order chi connectivity index (χ0) is 18.8. The molecule has 0 unspecified atom stereocenters. The second kappa shape index (κ2) is 7.14. The molecule has 26 heavy (non-hydrogen) atoms. The predicted octanol–water partition coefficient (Wildman–Crippen LogP) is 2.33. The number of nitrogens with one attached hydrogen (secondary N) is 3. The van der Waals surface area contributed by atoms with Gasteiger partial charge in [0.05, 0.1) is 17.0 Å². The Labute approximate surface area is 150 Å². The van der Waals surface area contributed by atoms with E-state index in [9.17, 15) is 23.5 Å². The lowest BCUT2D eigenvalue weighted by atomic mass is 10.1. The van der Waals surface area contributed by atoms with E-state index in [1.54, 1.807) is 0 Å². The largest absolute Gasteiger partial charge is 0.387 e. The molecular formula is C17H13F2N3O3S. The van der Waals surface area contributed by atoms with Crippen molar-refractivity contribution in [2.45, 2.75) is 6.10 Å². The smallest absolute Gasteiger partial charge is 0.259 e. The molecule has 6 nitrogen and oxygen atoms in total. The Morgan fingerprint density at radius 2 is 1.92 bits per heavy atom. The minimum atomic E-state index is -1.21. The van der Waals surface area contributed by atoms with E-state index >= 15 is 0 Å². The molecule has 0 fully saturated rings. The molecule has 3 rings (SSSR count). The number of carbonyl (C=O) groups is 1. The molecule has 0 bridgehead atoms. The van der Waals surface area contributed by atoms with Gasteiger partial charge in [-0.15, -0.1) is 0 Å². The summed E-state index contributed by atoms with van der Waals surface area (Å²) in [6.07, 6.45) is -1.21. The van der Waals surface area contributed by atoms with E-state index in [1.165, 1.54) is 24.3 Å². The normalized spacial score (nSPS) is 12.1. The molecule has 0 saturated carbocycles. The number of hydrogen-bond acceptors (Lipinski definition) is 4. The molecule has 2 aromatic carbocycles. The van der Waals surface area contributed by atoms with Crippen LogP contribution >= 0.6 is 12.2 Å². The molecule has 0 aliphatic rings. The quantitative estimate of drug-likeness (QED) is 0.525. The van der Waals surface area contributed by atoms with Crippen LogP contribution in [0.2, 0.25) is 0 Å². The molecule has 134 valence electrons. The van der Waals surface area contributed by atoms with E-state index in [2.05, 4.69) is 15.3 Å². The van der Waals surface area contributed by atoms with Gasteiger partial charge in [-0.3, -0.25) is 14.6 Å². The summed E-state index contributed by atoms with van der Waals surface area (Å²) in [5, 5.41) is 12.8. The molecule has 4 N–H and O–H groups in total. The van der Waals surface area contributed by atoms with Crippen LogP contribution in [0.15, 0.2) is 41.2 Å². The zero-order valence-corrected chi connectivity index (χ0v) is 14.0. The van der Waals surface area contributed by atoms with Crippen molar-refractivity contribution in [2.24, 2.45) is 0 Å². The first-order valence-corrected chi connectivity index (χ1v) is 7.93. The zero-order valence-electron chi connectivity index (χ0n) is 13.2. The van der Waals surface area contributed by atoms with Crippen molar-refractivity contribution in [1.82, 2.24) is 15.3 Å². The van der Waals surface area contributed by atoms with Crippen LogP contribution in [0, 0.1) is 16.4 Å². The summed E-state index contributed by atoms with van der Waals surface area (Å²) in [6, 6.07) is 7.39. The van der Waals surface area contributed by atoms with E-state index in [0.29, 0.717) is 10.9 Å². The van der Waals surface area contributed by atoms with Crippen LogP contribution in [-0.2, 0) is 0 Å². The number of H-pyrrole nitrogens is 2. The maximum absolute atomic E-state index is 13.2. The summed E-state index contributed by atoms with van der Waals surface area (Å²) in [4.78, 5) is 29.2. The summed E-state index contributed by atoms with van der Waals surface area (Å²) < 4.78 is 26.3. The standard InChI is InChI=1S/C17H13F2N3O3S/c18-11-4-2-8(5-12(11)19)14(23)7-20-15(24)9-1-3-10-13(6-9)21-17(26)22-16(10)25/h1-6,14,23H,7H2,(H,20,24)(H2,21,22,25,26)/t14-/m0/s1. The lowest BCUT2D eigenvalue weighted by Crippen LogP contribution is -2.28. The number of amides is 1. The van der Waals surface area contributed by atoms with Crippen LogP contribution in [-0.4, -0.2) is 27.5 Å². The Hall–Kier alpha value is -2.91. The number of halogens is 2. The molecule has 1 aromatic heterocycles. The van der Waals surface area contributed by atoms with E-state index in [0.717, 1.165) is 12.1 Å². The van der Waals surface area contributed by atoms with Gasteiger partial charge in [-0.1, -0.05) is 6.07 Å². The number of aromatic amines is 2. The van der Waals surface area contributed by atoms with Crippen LogP contribution in [0.4, 0.5) is 8.78 Å². The van der Waals surface area contributed by atoms with Crippen LogP contribution in [0.1, 0.15) is 22.0 Å². The van der Waals surface area contributed by atoms with Gasteiger partial charge in [0.25, 0.3) is 11.5 Å². The Kier molecular flexibility index (Phi) is 4.92. The maximum atomic E-state index is 13.2. The molecule has 1 atom stereocenters. The molecule has 9 heteroatoms. The van der Waals surface area contributed by atoms with Crippen molar-refractivity contribution < 1.29 is 18.7 Å². The molecule has 0 aliphatic heterocycles. The van der Waals surface area contributed by atoms with Gasteiger partial charge in [0.15, 0.2) is 16.4 Å². The fourth-order valence-electron chi connectivity index (χ4n) is 2.44. The number of benzene rings is 2. The number of aromatic nitrogens is 2. The fourth-order valence-corrected chi connectivity index (χ4v) is 2.64. The van der Waals surface area contributed by atoms with Gasteiger partial charge in [-0.05, 0) is 48.1 Å². The van der Waals surface area contributed by atoms with Crippen LogP contribution in [0.3, 0.4) is 0 Å². The minimum absolute atomic E-state index is 0.133. The minimum Gasteiger partial charge on any atom is -0.387 e. The number of rotatable bonds is 4. The van der Waals surface area contributed by atoms with E-state index in [1.807, 2.05) is 0 Å². The van der Waals surface area contributed by atoms with Gasteiger partial charge in [-0.25, -0.2) is 8.78 Å². The Morgan fingerprint density at radius 1 is 1.15 bits per heavy atom. The highest BCUT2D eigenvalue weighted by Crippen LogP contribution is 2.16. The Morgan fingerprint density at radius 3 is 2.65 bits per heavy atom. The number of carbonyl (C=O) groups excluding carboxylic acids is 1. The second-order valence-electron chi connectivity index (χ2n) is 5.57. The van der Waals surface area contributed by atoms with E-state index < -0.39 is 23.6 Å². The summed E-state index contributed by atoms with van der Waals surface area (Å²) in [5.74, 6) is -2.61. The van der Waals surface area contributed by atoms with Crippen molar-refractivity contribution in [1.29, 1.82) is 0 Å². The highest BCUT2D eigenvalue weighted by molar-refractivity contribution is 7.71. The fraction of sp³-hybridized carbons (Fsp3) is 0.118. The SMILES string of the molecule is O=C(NC[C@H](O)c1ccc(F)c(F)c1)c1ccc2c(=O)[nH]c(=S)[nH]c2c1. The van der Waals surface area contributed by atoms with Gasteiger partial charge < -0.3 is 15.4 Å². The van der Waals surface area contributed by atoms with Crippen LogP contribution in [0.5, 0.6) is 0 Å². The Balaban J connectivity index is 1.75. The van der Waals surface area contributed by atoms with Gasteiger partial charge in [-0.2, -0.15) is 0 Å². The molecule has 0 aliphatic carbocycles. The first-order chi connectivity index (χ1) is 12.3. The molecule has 0 saturated heterocycles. The molecular weight excluding hydrogens is 364 g/mol. The number of aliphatic hydroxyl groups excluding tert-OH is 1. The van der Waals surface area contributed by atoms with E-state index in [-0.39, 0.29) is 28.0 Å². The van der Waals surface area contributed by atoms with Crippen molar-refractivity contribution in [3.63, 3.8) is 0 Å². The summed E-state index contributed by atoms with van der Waals surface area (Å²) >= 11 is 4.89. The highest BCUT2D eigenvalue weighted by atomic mass is 32.1. The summed E-state index contributed by atoms with van der Waals surface area (Å²) in [7, 11) is 0. The van der Waals surface area contributed by atoms with Crippen LogP contribution in [0.25, 0.3) is 10.9 Å². The first-order valence-electron chi connectivity index (χ1n) is 7.53. The van der Waals surface area contributed by atoms with Crippen molar-refractivity contribution in [3.05, 3.63) is 74.3 Å². The molecule has 0 spiro atoms. The van der Waals surface area contributed by atoms with Gasteiger partial charge in [0.2, 0.25) is 0 Å². The highest BCUT2D eigenvalue weighted by Gasteiger charge is 2.14. The van der Waals surface area contributed by atoms with E-state index in [4.69, 9.17) is 12.2 Å². The van der Waals surface area contributed by atoms with Crippen molar-refractivity contribution >= 4 is 29.0 Å². The van der Waals surface area contributed by atoms with Gasteiger partial charge in [0.1, 0.15) is 0 Å². The monoisotopic (exact) mass is 377 g/mol. The van der Waals surface area contributed by atoms with Crippen LogP contribution < -0.4 is 10.9 Å². The third-order valence-corrected chi connectivity index (χ3v) is 3.99. The molecule has 0 radical (unpaired) electrons. The topological polar surface area (TPSA) is 98.0 Å². The van der Waals surface area contributed by atoms with Crippen molar-refractivity contribution in [2.75, 3.05) is 6.54 Å². The van der Waals surface area contributed by atoms with Gasteiger partial charge in [0, 0.05) is 12.1 Å². The van der Waals surface area contributed by atoms with Crippen molar-refractivity contribution in [3.8, 4) is 0 Å². The number of fused-ring (bicyclic) bond motifs is 1. The molecule has 1 amide bonds. The summed E-state index contributed by atoms with van der Waals surface area (Å²) in [6.45, 7) is -0.201. The summed E-state index contributed by atoms with van der Waals surface area (Å²) in [5.41, 5.74) is 0.404. The molecule has 3 aromatic rings. The molecule has 1 heterocycles. The third kappa shape index (κ3) is 3.68. The predicted molar refractivity (Wildman–Crippen MR) is 93.4 cm³/mol. The average molecular weight is 377 g/mol.